The third-order valence-corrected chi connectivity index (χ3v) is 6.98. The quantitative estimate of drug-likeness (QED) is 0.615. The van der Waals surface area contributed by atoms with Crippen molar-refractivity contribution in [1.29, 1.82) is 0 Å². The lowest BCUT2D eigenvalue weighted by atomic mass is 9.48. The van der Waals surface area contributed by atoms with Gasteiger partial charge in [0.15, 0.2) is 23.4 Å². The van der Waals surface area contributed by atoms with Crippen LogP contribution in [0.4, 0.5) is 0 Å². The molecule has 5 rings (SSSR count). The summed E-state index contributed by atoms with van der Waals surface area (Å²) in [6.07, 6.45) is 6.07. The van der Waals surface area contributed by atoms with Gasteiger partial charge in [0.2, 0.25) is 0 Å². The number of ketones is 1. The number of methoxy groups -OCH3 is 1. The van der Waals surface area contributed by atoms with E-state index in [1.165, 1.54) is 26.4 Å². The van der Waals surface area contributed by atoms with E-state index in [2.05, 4.69) is 0 Å². The number of Topliss-reactive ketones (excluding diaryl/α,β-unsaturated/α-hetero) is 1. The normalized spacial score (nSPS) is 30.9. The van der Waals surface area contributed by atoms with Crippen LogP contribution in [0.3, 0.4) is 0 Å². The maximum atomic E-state index is 13.3. The minimum absolute atomic E-state index is 0.000347. The number of carbonyl (C=O) groups is 2. The summed E-state index contributed by atoms with van der Waals surface area (Å²) in [6.45, 7) is 5.59. The van der Waals surface area contributed by atoms with Crippen molar-refractivity contribution in [2.24, 2.45) is 23.2 Å². The van der Waals surface area contributed by atoms with Crippen molar-refractivity contribution in [3.63, 3.8) is 0 Å². The lowest BCUT2D eigenvalue weighted by Crippen LogP contribution is -2.52. The highest BCUT2D eigenvalue weighted by Crippen LogP contribution is 2.60. The molecule has 0 saturated heterocycles. The fourth-order valence-electron chi connectivity index (χ4n) is 6.27. The predicted octanol–water partition coefficient (Wildman–Crippen LogP) is 4.81. The number of ether oxygens (including phenoxy) is 3. The highest BCUT2D eigenvalue weighted by Gasteiger charge is 2.55. The largest absolute Gasteiger partial charge is 0.493 e. The van der Waals surface area contributed by atoms with E-state index in [9.17, 15) is 9.59 Å². The monoisotopic (exact) mass is 400 g/mol. The third-order valence-electron chi connectivity index (χ3n) is 6.98. The molecule has 0 radical (unpaired) electrons. The molecule has 4 saturated carbocycles. The summed E-state index contributed by atoms with van der Waals surface area (Å²) in [4.78, 5) is 26.1. The Morgan fingerprint density at radius 1 is 0.966 bits per heavy atom. The third kappa shape index (κ3) is 3.88. The molecular formula is C24H32O5. The van der Waals surface area contributed by atoms with Gasteiger partial charge in [-0.1, -0.05) is 0 Å². The first-order valence-electron chi connectivity index (χ1n) is 10.9. The van der Waals surface area contributed by atoms with Crippen LogP contribution in [0.15, 0.2) is 18.2 Å². The van der Waals surface area contributed by atoms with Gasteiger partial charge in [-0.15, -0.1) is 0 Å². The molecule has 158 valence electrons. The van der Waals surface area contributed by atoms with Crippen molar-refractivity contribution in [1.82, 2.24) is 0 Å². The van der Waals surface area contributed by atoms with Crippen LogP contribution in [0, 0.1) is 23.2 Å². The first kappa shape index (κ1) is 20.2. The van der Waals surface area contributed by atoms with Crippen LogP contribution >= 0.6 is 0 Å². The van der Waals surface area contributed by atoms with Gasteiger partial charge in [0.25, 0.3) is 0 Å². The van der Waals surface area contributed by atoms with Gasteiger partial charge in [0.1, 0.15) is 0 Å². The second kappa shape index (κ2) is 7.66. The molecule has 1 aromatic rings. The van der Waals surface area contributed by atoms with Crippen LogP contribution in [0.5, 0.6) is 11.5 Å². The lowest BCUT2D eigenvalue weighted by molar-refractivity contribution is -0.152. The van der Waals surface area contributed by atoms with Crippen molar-refractivity contribution in [2.45, 2.75) is 71.5 Å². The maximum absolute atomic E-state index is 13.3. The van der Waals surface area contributed by atoms with Crippen LogP contribution in [0.2, 0.25) is 0 Å². The molecule has 0 N–H and O–H groups in total. The maximum Gasteiger partial charge on any atom is 0.338 e. The number of esters is 1. The van der Waals surface area contributed by atoms with E-state index < -0.39 is 12.1 Å². The second-order valence-corrected chi connectivity index (χ2v) is 9.64. The van der Waals surface area contributed by atoms with Crippen LogP contribution in [0.1, 0.15) is 69.7 Å². The van der Waals surface area contributed by atoms with Crippen LogP contribution < -0.4 is 9.47 Å². The second-order valence-electron chi connectivity index (χ2n) is 9.64. The van der Waals surface area contributed by atoms with Crippen LogP contribution in [-0.4, -0.2) is 31.1 Å². The molecule has 0 aromatic heterocycles. The standard InChI is InChI=1S/C24H32O5/c1-14(2)28-20-6-5-19(10-21(20)27-4)23(26)29-15(3)22(25)24-11-16-7-17(12-24)9-18(8-16)13-24/h5-6,10,14-18H,7-9,11-13H2,1-4H3. The Kier molecular flexibility index (Phi) is 5.34. The van der Waals surface area contributed by atoms with Crippen molar-refractivity contribution in [3.05, 3.63) is 23.8 Å². The number of benzene rings is 1. The first-order valence-corrected chi connectivity index (χ1v) is 10.9. The Labute approximate surface area is 173 Å². The number of carbonyl (C=O) groups excluding carboxylic acids is 2. The van der Waals surface area contributed by atoms with Gasteiger partial charge in [-0.25, -0.2) is 4.79 Å². The van der Waals surface area contributed by atoms with E-state index in [4.69, 9.17) is 14.2 Å². The Morgan fingerprint density at radius 2 is 1.55 bits per heavy atom. The van der Waals surface area contributed by atoms with Crippen LogP contribution in [0.25, 0.3) is 0 Å². The summed E-state index contributed by atoms with van der Waals surface area (Å²) >= 11 is 0. The van der Waals surface area contributed by atoms with Gasteiger partial charge in [0.05, 0.1) is 18.8 Å². The average molecular weight is 401 g/mol. The summed E-state index contributed by atoms with van der Waals surface area (Å²) in [5.41, 5.74) is 0.101. The molecule has 4 fully saturated rings. The Balaban J connectivity index is 1.45. The van der Waals surface area contributed by atoms with E-state index >= 15 is 0 Å². The van der Waals surface area contributed by atoms with Crippen molar-refractivity contribution in [3.8, 4) is 11.5 Å². The molecule has 0 heterocycles. The molecule has 1 aromatic carbocycles. The van der Waals surface area contributed by atoms with Crippen molar-refractivity contribution in [2.75, 3.05) is 7.11 Å². The molecule has 0 amide bonds. The molecule has 5 nitrogen and oxygen atoms in total. The van der Waals surface area contributed by atoms with E-state index in [0.29, 0.717) is 34.8 Å². The zero-order chi connectivity index (χ0) is 20.8. The van der Waals surface area contributed by atoms with Crippen LogP contribution in [-0.2, 0) is 9.53 Å². The van der Waals surface area contributed by atoms with E-state index in [0.717, 1.165) is 19.3 Å². The molecule has 1 atom stereocenters. The summed E-state index contributed by atoms with van der Waals surface area (Å²) in [5, 5.41) is 0. The van der Waals surface area contributed by atoms with Gasteiger partial charge in [0, 0.05) is 5.41 Å². The van der Waals surface area contributed by atoms with Gasteiger partial charge in [-0.3, -0.25) is 4.79 Å². The number of hydrogen-bond donors (Lipinski definition) is 0. The van der Waals surface area contributed by atoms with Gasteiger partial charge in [-0.05, 0) is 95.2 Å². The summed E-state index contributed by atoms with van der Waals surface area (Å²) in [7, 11) is 1.54. The summed E-state index contributed by atoms with van der Waals surface area (Å²) < 4.78 is 16.7. The highest BCUT2D eigenvalue weighted by molar-refractivity contribution is 5.95. The molecule has 0 aliphatic heterocycles. The average Bonchev–Trinajstić information content (AvgIpc) is 2.66. The minimum atomic E-state index is -0.726. The Morgan fingerprint density at radius 3 is 2.07 bits per heavy atom. The fourth-order valence-corrected chi connectivity index (χ4v) is 6.27. The molecule has 1 unspecified atom stereocenters. The summed E-state index contributed by atoms with van der Waals surface area (Å²) in [6, 6.07) is 4.98. The predicted molar refractivity (Wildman–Crippen MR) is 109 cm³/mol. The SMILES string of the molecule is COc1cc(C(=O)OC(C)C(=O)C23CC4CC(CC(C4)C2)C3)ccc1OC(C)C. The summed E-state index contributed by atoms with van der Waals surface area (Å²) in [5.74, 6) is 2.74. The minimum Gasteiger partial charge on any atom is -0.493 e. The van der Waals surface area contributed by atoms with E-state index in [-0.39, 0.29) is 17.3 Å². The zero-order valence-corrected chi connectivity index (χ0v) is 17.9. The van der Waals surface area contributed by atoms with Gasteiger partial charge >= 0.3 is 5.97 Å². The zero-order valence-electron chi connectivity index (χ0n) is 17.9. The molecular weight excluding hydrogens is 368 g/mol. The highest BCUT2D eigenvalue weighted by atomic mass is 16.5. The number of rotatable bonds is 7. The van der Waals surface area contributed by atoms with Crippen molar-refractivity contribution >= 4 is 11.8 Å². The Hall–Kier alpha value is -2.04. The lowest BCUT2D eigenvalue weighted by Gasteiger charge is -2.56. The fraction of sp³-hybridized carbons (Fsp3) is 0.667. The molecule has 0 spiro atoms. The van der Waals surface area contributed by atoms with Crippen molar-refractivity contribution < 1.29 is 23.8 Å². The molecule has 4 aliphatic carbocycles. The first-order chi connectivity index (χ1) is 13.8. The Bertz CT molecular complexity index is 761. The molecule has 4 bridgehead atoms. The molecule has 4 aliphatic rings. The smallest absolute Gasteiger partial charge is 0.338 e. The molecule has 29 heavy (non-hydrogen) atoms. The van der Waals surface area contributed by atoms with E-state index in [1.807, 2.05) is 13.8 Å². The topological polar surface area (TPSA) is 61.8 Å². The van der Waals surface area contributed by atoms with Gasteiger partial charge < -0.3 is 14.2 Å². The number of hydrogen-bond acceptors (Lipinski definition) is 5. The molecule has 5 heteroatoms. The van der Waals surface area contributed by atoms with E-state index in [1.54, 1.807) is 25.1 Å². The van der Waals surface area contributed by atoms with Gasteiger partial charge in [-0.2, -0.15) is 0 Å².